The van der Waals surface area contributed by atoms with Gasteiger partial charge in [-0.2, -0.15) is 9.94 Å². The number of hydrogen-bond donors (Lipinski definition) is 1. The van der Waals surface area contributed by atoms with Crippen molar-refractivity contribution in [3.05, 3.63) is 30.3 Å². The van der Waals surface area contributed by atoms with Crippen LogP contribution in [0.25, 0.3) is 5.69 Å². The maximum atomic E-state index is 13.9. The van der Waals surface area contributed by atoms with Crippen molar-refractivity contribution in [1.29, 1.82) is 5.26 Å². The van der Waals surface area contributed by atoms with Crippen molar-refractivity contribution in [1.82, 2.24) is 20.2 Å². The highest BCUT2D eigenvalue weighted by Crippen LogP contribution is 2.18. The van der Waals surface area contributed by atoms with Gasteiger partial charge >= 0.3 is 0 Å². The Morgan fingerprint density at radius 3 is 2.95 bits per heavy atom. The molecule has 102 valence electrons. The van der Waals surface area contributed by atoms with Gasteiger partial charge in [0.25, 0.3) is 0 Å². The molecule has 0 aliphatic carbocycles. The summed E-state index contributed by atoms with van der Waals surface area (Å²) in [5.74, 6) is -1.79. The monoisotopic (exact) mass is 274 g/mol. The first-order valence-electron chi connectivity index (χ1n) is 5.89. The molecule has 1 N–H and O–H groups in total. The molecule has 0 aliphatic rings. The molecule has 0 spiro atoms. The lowest BCUT2D eigenvalue weighted by molar-refractivity contribution is -0.118. The minimum atomic E-state index is -0.753. The SMILES string of the molecule is CCC(C#N)C(=O)Nc1ccc(-n2cnnn2)c(F)c1. The molecule has 2 aromatic rings. The Morgan fingerprint density at radius 1 is 1.60 bits per heavy atom. The van der Waals surface area contributed by atoms with Gasteiger partial charge in [0.2, 0.25) is 5.91 Å². The summed E-state index contributed by atoms with van der Waals surface area (Å²) < 4.78 is 15.1. The lowest BCUT2D eigenvalue weighted by Gasteiger charge is -2.09. The number of aromatic nitrogens is 4. The number of hydrogen-bond acceptors (Lipinski definition) is 5. The third-order valence-corrected chi connectivity index (χ3v) is 2.69. The maximum absolute atomic E-state index is 13.9. The molecule has 0 bridgehead atoms. The molecular formula is C12H11FN6O. The molecule has 0 radical (unpaired) electrons. The topological polar surface area (TPSA) is 96.5 Å². The van der Waals surface area contributed by atoms with E-state index in [1.54, 1.807) is 6.92 Å². The molecule has 1 heterocycles. The van der Waals surface area contributed by atoms with Crippen molar-refractivity contribution in [3.8, 4) is 11.8 Å². The number of anilines is 1. The molecule has 1 aromatic heterocycles. The van der Waals surface area contributed by atoms with Gasteiger partial charge in [0.15, 0.2) is 5.82 Å². The van der Waals surface area contributed by atoms with Crippen LogP contribution in [0.3, 0.4) is 0 Å². The molecule has 0 saturated carbocycles. The third kappa shape index (κ3) is 2.77. The van der Waals surface area contributed by atoms with E-state index < -0.39 is 17.6 Å². The first-order valence-corrected chi connectivity index (χ1v) is 5.89. The predicted molar refractivity (Wildman–Crippen MR) is 67.1 cm³/mol. The molecule has 0 aliphatic heterocycles. The molecule has 0 saturated heterocycles. The van der Waals surface area contributed by atoms with Crippen LogP contribution in [0.2, 0.25) is 0 Å². The predicted octanol–water partition coefficient (Wildman–Crippen LogP) is 1.29. The number of carbonyl (C=O) groups is 1. The Bertz CT molecular complexity index is 648. The fourth-order valence-electron chi connectivity index (χ4n) is 1.61. The summed E-state index contributed by atoms with van der Waals surface area (Å²) in [6.07, 6.45) is 1.66. The second-order valence-corrected chi connectivity index (χ2v) is 4.00. The first kappa shape index (κ1) is 13.6. The van der Waals surface area contributed by atoms with Crippen LogP contribution in [0, 0.1) is 23.1 Å². The van der Waals surface area contributed by atoms with Crippen LogP contribution < -0.4 is 5.32 Å². The molecule has 8 heteroatoms. The summed E-state index contributed by atoms with van der Waals surface area (Å²) >= 11 is 0. The van der Waals surface area contributed by atoms with Crippen molar-refractivity contribution in [3.63, 3.8) is 0 Å². The largest absolute Gasteiger partial charge is 0.325 e. The van der Waals surface area contributed by atoms with Gasteiger partial charge in [-0.1, -0.05) is 6.92 Å². The number of nitriles is 1. The Balaban J connectivity index is 2.18. The Morgan fingerprint density at radius 2 is 2.40 bits per heavy atom. The maximum Gasteiger partial charge on any atom is 0.241 e. The zero-order chi connectivity index (χ0) is 14.5. The van der Waals surface area contributed by atoms with Gasteiger partial charge < -0.3 is 5.32 Å². The van der Waals surface area contributed by atoms with Crippen molar-refractivity contribution in [2.45, 2.75) is 13.3 Å². The van der Waals surface area contributed by atoms with Crippen molar-refractivity contribution in [2.75, 3.05) is 5.32 Å². The lowest BCUT2D eigenvalue weighted by atomic mass is 10.1. The summed E-state index contributed by atoms with van der Waals surface area (Å²) in [4.78, 5) is 11.7. The van der Waals surface area contributed by atoms with Gasteiger partial charge in [0, 0.05) is 5.69 Å². The fourth-order valence-corrected chi connectivity index (χ4v) is 1.61. The van der Waals surface area contributed by atoms with Crippen LogP contribution in [0.5, 0.6) is 0 Å². The van der Waals surface area contributed by atoms with E-state index in [2.05, 4.69) is 20.8 Å². The summed E-state index contributed by atoms with van der Waals surface area (Å²) in [5, 5.41) is 21.7. The van der Waals surface area contributed by atoms with Crippen LogP contribution in [0.15, 0.2) is 24.5 Å². The highest BCUT2D eigenvalue weighted by Gasteiger charge is 2.16. The first-order chi connectivity index (χ1) is 9.65. The molecule has 1 atom stereocenters. The minimum absolute atomic E-state index is 0.167. The quantitative estimate of drug-likeness (QED) is 0.906. The lowest BCUT2D eigenvalue weighted by Crippen LogP contribution is -2.21. The van der Waals surface area contributed by atoms with E-state index in [1.807, 2.05) is 6.07 Å². The van der Waals surface area contributed by atoms with Crippen LogP contribution in [-0.4, -0.2) is 26.1 Å². The number of rotatable bonds is 4. The minimum Gasteiger partial charge on any atom is -0.325 e. The normalized spacial score (nSPS) is 11.7. The average Bonchev–Trinajstić information content (AvgIpc) is 2.94. The number of tetrazole rings is 1. The average molecular weight is 274 g/mol. The third-order valence-electron chi connectivity index (χ3n) is 2.69. The zero-order valence-corrected chi connectivity index (χ0v) is 10.6. The van der Waals surface area contributed by atoms with Crippen LogP contribution >= 0.6 is 0 Å². The van der Waals surface area contributed by atoms with Gasteiger partial charge in [-0.15, -0.1) is 5.10 Å². The van der Waals surface area contributed by atoms with Crippen molar-refractivity contribution in [2.24, 2.45) is 5.92 Å². The molecule has 1 aromatic carbocycles. The van der Waals surface area contributed by atoms with Crippen LogP contribution in [0.1, 0.15) is 13.3 Å². The van der Waals surface area contributed by atoms with E-state index in [1.165, 1.54) is 23.1 Å². The summed E-state index contributed by atoms with van der Waals surface area (Å²) in [6.45, 7) is 1.73. The van der Waals surface area contributed by atoms with E-state index in [-0.39, 0.29) is 11.4 Å². The molecule has 0 fully saturated rings. The number of halogens is 1. The standard InChI is InChI=1S/C12H11FN6O/c1-2-8(6-14)12(20)16-9-3-4-11(10(13)5-9)19-7-15-17-18-19/h3-5,7-8H,2H2,1H3,(H,16,20). The van der Waals surface area contributed by atoms with Gasteiger partial charge in [-0.25, -0.2) is 4.39 Å². The second kappa shape index (κ2) is 5.88. The summed E-state index contributed by atoms with van der Waals surface area (Å²) in [6, 6.07) is 5.99. The molecule has 1 amide bonds. The van der Waals surface area contributed by atoms with E-state index in [4.69, 9.17) is 5.26 Å². The van der Waals surface area contributed by atoms with Crippen LogP contribution in [-0.2, 0) is 4.79 Å². The highest BCUT2D eigenvalue weighted by atomic mass is 19.1. The van der Waals surface area contributed by atoms with E-state index in [0.29, 0.717) is 6.42 Å². The molecular weight excluding hydrogens is 263 g/mol. The number of carbonyl (C=O) groups excluding carboxylic acids is 1. The zero-order valence-electron chi connectivity index (χ0n) is 10.6. The van der Waals surface area contributed by atoms with Gasteiger partial charge in [-0.3, -0.25) is 4.79 Å². The summed E-state index contributed by atoms with van der Waals surface area (Å²) in [7, 11) is 0. The van der Waals surface area contributed by atoms with Crippen molar-refractivity contribution >= 4 is 11.6 Å². The van der Waals surface area contributed by atoms with Crippen molar-refractivity contribution < 1.29 is 9.18 Å². The molecule has 7 nitrogen and oxygen atoms in total. The fraction of sp³-hybridized carbons (Fsp3) is 0.250. The van der Waals surface area contributed by atoms with Gasteiger partial charge in [-0.05, 0) is 35.0 Å². The number of nitrogens with zero attached hydrogens (tertiary/aromatic N) is 5. The van der Waals surface area contributed by atoms with Gasteiger partial charge in [0.1, 0.15) is 17.9 Å². The van der Waals surface area contributed by atoms with E-state index in [9.17, 15) is 9.18 Å². The van der Waals surface area contributed by atoms with Crippen LogP contribution in [0.4, 0.5) is 10.1 Å². The van der Waals surface area contributed by atoms with Gasteiger partial charge in [0.05, 0.1) is 6.07 Å². The van der Waals surface area contributed by atoms with E-state index in [0.717, 1.165) is 6.07 Å². The highest BCUT2D eigenvalue weighted by molar-refractivity contribution is 5.94. The Hall–Kier alpha value is -2.82. The van der Waals surface area contributed by atoms with E-state index >= 15 is 0 Å². The number of amides is 1. The number of nitrogens with one attached hydrogen (secondary N) is 1. The molecule has 20 heavy (non-hydrogen) atoms. The smallest absolute Gasteiger partial charge is 0.241 e. The second-order valence-electron chi connectivity index (χ2n) is 4.00. The Kier molecular flexibility index (Phi) is 4.00. The molecule has 1 unspecified atom stereocenters. The number of benzene rings is 1. The Labute approximate surface area is 114 Å². The molecule has 2 rings (SSSR count). The summed E-state index contributed by atoms with van der Waals surface area (Å²) in [5.41, 5.74) is 0.443.